The maximum Gasteiger partial charge on any atom is 0.252 e. The van der Waals surface area contributed by atoms with Crippen molar-refractivity contribution in [1.29, 1.82) is 0 Å². The normalized spacial score (nSPS) is 11.0. The van der Waals surface area contributed by atoms with Crippen molar-refractivity contribution in [3.63, 3.8) is 0 Å². The summed E-state index contributed by atoms with van der Waals surface area (Å²) in [5, 5.41) is 3.42. The molecule has 0 saturated heterocycles. The Morgan fingerprint density at radius 2 is 1.76 bits per heavy atom. The number of amides is 1. The number of halogens is 1. The van der Waals surface area contributed by atoms with Crippen LogP contribution in [0.4, 0.5) is 0 Å². The highest BCUT2D eigenvalue weighted by Crippen LogP contribution is 2.19. The van der Waals surface area contributed by atoms with Gasteiger partial charge < -0.3 is 14.6 Å². The first-order valence-corrected chi connectivity index (χ1v) is 11.7. The van der Waals surface area contributed by atoms with Gasteiger partial charge in [0.15, 0.2) is 0 Å². The van der Waals surface area contributed by atoms with Crippen LogP contribution in [0.3, 0.4) is 0 Å². The number of hydrogen-bond donors (Lipinski definition) is 1. The maximum atomic E-state index is 12.4. The highest BCUT2D eigenvalue weighted by molar-refractivity contribution is 6.33. The summed E-state index contributed by atoms with van der Waals surface area (Å²) in [6.07, 6.45) is 2.44. The number of hydrogen-bond acceptors (Lipinski definition) is 3. The molecule has 0 aliphatic carbocycles. The van der Waals surface area contributed by atoms with Crippen molar-refractivity contribution in [2.24, 2.45) is 0 Å². The average molecular weight is 462 g/mol. The standard InChI is InChI=1S/C27H28ClN3O2/c1-20-13-15-21(16-14-20)33-19-7-18-31-25-11-5-4-10-24(25)30-26(31)12-6-17-29-27(32)22-8-2-3-9-23(22)28/h2-5,8-11,13-16H,6-7,12,17-19H2,1H3,(H,29,32). The highest BCUT2D eigenvalue weighted by atomic mass is 35.5. The zero-order chi connectivity index (χ0) is 23.0. The number of aromatic nitrogens is 2. The van der Waals surface area contributed by atoms with Crippen molar-refractivity contribution in [1.82, 2.24) is 14.9 Å². The van der Waals surface area contributed by atoms with E-state index in [1.54, 1.807) is 12.1 Å². The van der Waals surface area contributed by atoms with Gasteiger partial charge in [0.25, 0.3) is 5.91 Å². The smallest absolute Gasteiger partial charge is 0.252 e. The average Bonchev–Trinajstić information content (AvgIpc) is 3.18. The third kappa shape index (κ3) is 5.93. The van der Waals surface area contributed by atoms with E-state index in [9.17, 15) is 4.79 Å². The molecule has 0 atom stereocenters. The number of imidazole rings is 1. The molecule has 0 aliphatic rings. The first-order valence-electron chi connectivity index (χ1n) is 11.3. The van der Waals surface area contributed by atoms with Crippen LogP contribution < -0.4 is 10.1 Å². The van der Waals surface area contributed by atoms with Gasteiger partial charge in [-0.05, 0) is 56.2 Å². The van der Waals surface area contributed by atoms with E-state index in [-0.39, 0.29) is 5.91 Å². The summed E-state index contributed by atoms with van der Waals surface area (Å²) in [6.45, 7) is 4.10. The van der Waals surface area contributed by atoms with Gasteiger partial charge in [0.2, 0.25) is 0 Å². The maximum absolute atomic E-state index is 12.4. The predicted octanol–water partition coefficient (Wildman–Crippen LogP) is 5.83. The van der Waals surface area contributed by atoms with Crippen molar-refractivity contribution in [3.8, 4) is 5.75 Å². The molecule has 1 heterocycles. The number of rotatable bonds is 10. The number of para-hydroxylation sites is 2. The number of carbonyl (C=O) groups excluding carboxylic acids is 1. The van der Waals surface area contributed by atoms with E-state index in [2.05, 4.69) is 35.0 Å². The van der Waals surface area contributed by atoms with Crippen molar-refractivity contribution in [2.75, 3.05) is 13.2 Å². The van der Waals surface area contributed by atoms with Gasteiger partial charge >= 0.3 is 0 Å². The van der Waals surface area contributed by atoms with Gasteiger partial charge in [0.1, 0.15) is 11.6 Å². The van der Waals surface area contributed by atoms with Crippen LogP contribution >= 0.6 is 11.6 Å². The Balaban J connectivity index is 1.33. The Bertz CT molecular complexity index is 1220. The fourth-order valence-electron chi connectivity index (χ4n) is 3.80. The monoisotopic (exact) mass is 461 g/mol. The number of nitrogens with zero attached hydrogens (tertiary/aromatic N) is 2. The van der Waals surface area contributed by atoms with Crippen molar-refractivity contribution < 1.29 is 9.53 Å². The Hall–Kier alpha value is -3.31. The molecule has 1 aromatic heterocycles. The Labute approximate surface area is 199 Å². The van der Waals surface area contributed by atoms with Gasteiger partial charge in [-0.3, -0.25) is 4.79 Å². The first-order chi connectivity index (χ1) is 16.1. The van der Waals surface area contributed by atoms with Crippen molar-refractivity contribution >= 4 is 28.5 Å². The van der Waals surface area contributed by atoms with E-state index in [0.717, 1.165) is 48.4 Å². The lowest BCUT2D eigenvalue weighted by molar-refractivity contribution is 0.0953. The van der Waals surface area contributed by atoms with Gasteiger partial charge in [-0.25, -0.2) is 4.98 Å². The van der Waals surface area contributed by atoms with Crippen LogP contribution in [-0.2, 0) is 13.0 Å². The first kappa shape index (κ1) is 22.9. The second-order valence-electron chi connectivity index (χ2n) is 8.02. The molecule has 33 heavy (non-hydrogen) atoms. The summed E-state index contributed by atoms with van der Waals surface area (Å²) in [6, 6.07) is 23.4. The number of fused-ring (bicyclic) bond motifs is 1. The van der Waals surface area contributed by atoms with E-state index in [0.29, 0.717) is 23.7 Å². The van der Waals surface area contributed by atoms with Crippen LogP contribution in [0, 0.1) is 6.92 Å². The van der Waals surface area contributed by atoms with Gasteiger partial charge in [-0.1, -0.05) is 53.6 Å². The third-order valence-corrected chi connectivity index (χ3v) is 5.86. The molecule has 170 valence electrons. The van der Waals surface area contributed by atoms with Gasteiger partial charge in [-0.15, -0.1) is 0 Å². The van der Waals surface area contributed by atoms with Gasteiger partial charge in [-0.2, -0.15) is 0 Å². The minimum absolute atomic E-state index is 0.151. The molecular weight excluding hydrogens is 434 g/mol. The molecule has 0 bridgehead atoms. The van der Waals surface area contributed by atoms with Gasteiger partial charge in [0.05, 0.1) is 28.2 Å². The number of benzene rings is 3. The summed E-state index contributed by atoms with van der Waals surface area (Å²) in [4.78, 5) is 17.2. The molecule has 6 heteroatoms. The molecule has 0 spiro atoms. The van der Waals surface area contributed by atoms with Crippen molar-refractivity contribution in [2.45, 2.75) is 32.7 Å². The molecular formula is C27H28ClN3O2. The molecule has 0 unspecified atom stereocenters. The van der Waals surface area contributed by atoms with E-state index in [4.69, 9.17) is 21.3 Å². The molecule has 5 nitrogen and oxygen atoms in total. The van der Waals surface area contributed by atoms with Crippen LogP contribution in [0.2, 0.25) is 5.02 Å². The van der Waals surface area contributed by atoms with E-state index >= 15 is 0 Å². The summed E-state index contributed by atoms with van der Waals surface area (Å²) in [5.74, 6) is 1.77. The SMILES string of the molecule is Cc1ccc(OCCCn2c(CCCNC(=O)c3ccccc3Cl)nc3ccccc32)cc1. The van der Waals surface area contributed by atoms with Gasteiger partial charge in [0, 0.05) is 19.5 Å². The number of aryl methyl sites for hydroxylation is 3. The zero-order valence-corrected chi connectivity index (χ0v) is 19.5. The molecule has 0 saturated carbocycles. The summed E-state index contributed by atoms with van der Waals surface area (Å²) in [7, 11) is 0. The summed E-state index contributed by atoms with van der Waals surface area (Å²) >= 11 is 6.12. The van der Waals surface area contributed by atoms with Crippen molar-refractivity contribution in [3.05, 3.63) is 94.8 Å². The largest absolute Gasteiger partial charge is 0.494 e. The molecule has 4 aromatic rings. The molecule has 1 amide bonds. The topological polar surface area (TPSA) is 56.1 Å². The minimum Gasteiger partial charge on any atom is -0.494 e. The quantitative estimate of drug-likeness (QED) is 0.302. The van der Waals surface area contributed by atoms with Crippen LogP contribution in [0.15, 0.2) is 72.8 Å². The van der Waals surface area contributed by atoms with Crippen LogP contribution in [0.5, 0.6) is 5.75 Å². The van der Waals surface area contributed by atoms with Crippen LogP contribution in [0.1, 0.15) is 34.6 Å². The number of nitrogens with one attached hydrogen (secondary N) is 1. The predicted molar refractivity (Wildman–Crippen MR) is 133 cm³/mol. The molecule has 4 rings (SSSR count). The fraction of sp³-hybridized carbons (Fsp3) is 0.259. The molecule has 3 aromatic carbocycles. The summed E-state index contributed by atoms with van der Waals surface area (Å²) < 4.78 is 8.16. The highest BCUT2D eigenvalue weighted by Gasteiger charge is 2.12. The number of carbonyl (C=O) groups is 1. The lowest BCUT2D eigenvalue weighted by atomic mass is 10.2. The van der Waals surface area contributed by atoms with E-state index in [1.165, 1.54) is 5.56 Å². The number of ether oxygens (including phenoxy) is 1. The summed E-state index contributed by atoms with van der Waals surface area (Å²) in [5.41, 5.74) is 3.84. The molecule has 1 N–H and O–H groups in total. The fourth-order valence-corrected chi connectivity index (χ4v) is 4.02. The molecule has 0 radical (unpaired) electrons. The Morgan fingerprint density at radius 1 is 1.00 bits per heavy atom. The van der Waals surface area contributed by atoms with Crippen LogP contribution in [0.25, 0.3) is 11.0 Å². The van der Waals surface area contributed by atoms with Crippen LogP contribution in [-0.4, -0.2) is 28.6 Å². The molecule has 0 fully saturated rings. The zero-order valence-electron chi connectivity index (χ0n) is 18.8. The lowest BCUT2D eigenvalue weighted by Crippen LogP contribution is -2.25. The molecule has 0 aliphatic heterocycles. The van der Waals surface area contributed by atoms with E-state index in [1.807, 2.05) is 42.5 Å². The third-order valence-electron chi connectivity index (χ3n) is 5.53. The second kappa shape index (κ2) is 11.0. The second-order valence-corrected chi connectivity index (χ2v) is 8.43. The Kier molecular flexibility index (Phi) is 7.63. The Morgan fingerprint density at radius 3 is 2.58 bits per heavy atom. The minimum atomic E-state index is -0.151. The lowest BCUT2D eigenvalue weighted by Gasteiger charge is -2.11. The van der Waals surface area contributed by atoms with E-state index < -0.39 is 0 Å².